The number of amides is 1. The first kappa shape index (κ1) is 13.2. The van der Waals surface area contributed by atoms with Crippen LogP contribution in [0, 0.1) is 5.92 Å². The van der Waals surface area contributed by atoms with Gasteiger partial charge in [-0.15, -0.1) is 0 Å². The maximum absolute atomic E-state index is 11.2. The van der Waals surface area contributed by atoms with Crippen molar-refractivity contribution >= 4 is 12.1 Å². The van der Waals surface area contributed by atoms with Gasteiger partial charge in [0.15, 0.2) is 0 Å². The largest absolute Gasteiger partial charge is 0.494 e. The van der Waals surface area contributed by atoms with Crippen molar-refractivity contribution in [3.63, 3.8) is 0 Å². The standard InChI is InChI=1S/C13H18N2O2/c1-4-17-12-7-5-11(6-8-12)9-14-15-13(16)10(2)3/h5-10H,4H2,1-3H3,(H,15,16). The Hall–Kier alpha value is -1.84. The monoisotopic (exact) mass is 234 g/mol. The number of ether oxygens (including phenoxy) is 1. The Morgan fingerprint density at radius 2 is 2.06 bits per heavy atom. The Morgan fingerprint density at radius 3 is 2.59 bits per heavy atom. The van der Waals surface area contributed by atoms with Gasteiger partial charge in [-0.1, -0.05) is 13.8 Å². The minimum atomic E-state index is -0.0906. The van der Waals surface area contributed by atoms with Gasteiger partial charge in [0.2, 0.25) is 5.91 Å². The highest BCUT2D eigenvalue weighted by molar-refractivity contribution is 5.83. The third-order valence-electron chi connectivity index (χ3n) is 2.10. The fourth-order valence-corrected chi connectivity index (χ4v) is 1.12. The van der Waals surface area contributed by atoms with Gasteiger partial charge in [-0.25, -0.2) is 5.43 Å². The molecule has 0 saturated heterocycles. The number of nitrogens with one attached hydrogen (secondary N) is 1. The van der Waals surface area contributed by atoms with Crippen LogP contribution in [-0.2, 0) is 4.79 Å². The second-order valence-corrected chi connectivity index (χ2v) is 3.89. The van der Waals surface area contributed by atoms with Crippen LogP contribution >= 0.6 is 0 Å². The van der Waals surface area contributed by atoms with Crippen LogP contribution in [0.1, 0.15) is 26.3 Å². The van der Waals surface area contributed by atoms with Crippen LogP contribution in [0.2, 0.25) is 0 Å². The van der Waals surface area contributed by atoms with Crippen molar-refractivity contribution in [1.29, 1.82) is 0 Å². The van der Waals surface area contributed by atoms with Crippen molar-refractivity contribution in [2.45, 2.75) is 20.8 Å². The van der Waals surface area contributed by atoms with Crippen molar-refractivity contribution in [3.05, 3.63) is 29.8 Å². The van der Waals surface area contributed by atoms with E-state index in [1.54, 1.807) is 6.21 Å². The van der Waals surface area contributed by atoms with Crippen LogP contribution in [0.5, 0.6) is 5.75 Å². The lowest BCUT2D eigenvalue weighted by atomic mass is 10.2. The zero-order valence-electron chi connectivity index (χ0n) is 10.4. The number of nitrogens with zero attached hydrogens (tertiary/aromatic N) is 1. The predicted molar refractivity (Wildman–Crippen MR) is 68.2 cm³/mol. The smallest absolute Gasteiger partial charge is 0.242 e. The summed E-state index contributed by atoms with van der Waals surface area (Å²) < 4.78 is 5.32. The second kappa shape index (κ2) is 6.68. The van der Waals surface area contributed by atoms with Crippen LogP contribution in [0.15, 0.2) is 29.4 Å². The number of rotatable bonds is 5. The molecule has 1 aromatic rings. The molecule has 0 atom stereocenters. The van der Waals surface area contributed by atoms with Crippen LogP contribution in [-0.4, -0.2) is 18.7 Å². The molecule has 4 heteroatoms. The first-order valence-electron chi connectivity index (χ1n) is 5.69. The van der Waals surface area contributed by atoms with Gasteiger partial charge >= 0.3 is 0 Å². The molecule has 0 aliphatic rings. The Bertz CT molecular complexity index is 383. The molecule has 92 valence electrons. The summed E-state index contributed by atoms with van der Waals surface area (Å²) in [5.74, 6) is 0.676. The van der Waals surface area contributed by atoms with E-state index in [4.69, 9.17) is 4.74 Å². The van der Waals surface area contributed by atoms with Crippen LogP contribution in [0.3, 0.4) is 0 Å². The summed E-state index contributed by atoms with van der Waals surface area (Å²) >= 11 is 0. The normalized spacial score (nSPS) is 10.8. The van der Waals surface area contributed by atoms with Gasteiger partial charge < -0.3 is 4.74 Å². The number of benzene rings is 1. The maximum atomic E-state index is 11.2. The van der Waals surface area contributed by atoms with Gasteiger partial charge in [0, 0.05) is 5.92 Å². The molecule has 0 aliphatic carbocycles. The molecule has 1 N–H and O–H groups in total. The van der Waals surface area contributed by atoms with Crippen molar-refractivity contribution in [2.24, 2.45) is 11.0 Å². The van der Waals surface area contributed by atoms with Gasteiger partial charge in [-0.3, -0.25) is 4.79 Å². The Labute approximate surface area is 102 Å². The lowest BCUT2D eigenvalue weighted by molar-refractivity contribution is -0.123. The molecular weight excluding hydrogens is 216 g/mol. The first-order valence-corrected chi connectivity index (χ1v) is 5.69. The molecule has 0 unspecified atom stereocenters. The number of hydrazone groups is 1. The van der Waals surface area contributed by atoms with Gasteiger partial charge in [0.25, 0.3) is 0 Å². The van der Waals surface area contributed by atoms with E-state index < -0.39 is 0 Å². The SMILES string of the molecule is CCOc1ccc(C=NNC(=O)C(C)C)cc1. The molecule has 0 radical (unpaired) electrons. The van der Waals surface area contributed by atoms with Gasteiger partial charge in [-0.2, -0.15) is 5.10 Å². The van der Waals surface area contributed by atoms with E-state index >= 15 is 0 Å². The highest BCUT2D eigenvalue weighted by atomic mass is 16.5. The molecule has 17 heavy (non-hydrogen) atoms. The average molecular weight is 234 g/mol. The highest BCUT2D eigenvalue weighted by Crippen LogP contribution is 2.10. The summed E-state index contributed by atoms with van der Waals surface area (Å²) in [6.07, 6.45) is 1.61. The third-order valence-corrected chi connectivity index (χ3v) is 2.10. The molecule has 1 amide bonds. The van der Waals surface area contributed by atoms with Crippen LogP contribution < -0.4 is 10.2 Å². The molecule has 4 nitrogen and oxygen atoms in total. The van der Waals surface area contributed by atoms with Gasteiger partial charge in [0.05, 0.1) is 12.8 Å². The van der Waals surface area contributed by atoms with Crippen molar-refractivity contribution in [1.82, 2.24) is 5.43 Å². The summed E-state index contributed by atoms with van der Waals surface area (Å²) in [6.45, 7) is 6.23. The number of carbonyl (C=O) groups is 1. The van der Waals surface area contributed by atoms with E-state index in [0.717, 1.165) is 11.3 Å². The van der Waals surface area contributed by atoms with Crippen molar-refractivity contribution < 1.29 is 9.53 Å². The zero-order chi connectivity index (χ0) is 12.7. The maximum Gasteiger partial charge on any atom is 0.242 e. The van der Waals surface area contributed by atoms with Crippen molar-refractivity contribution in [3.8, 4) is 5.75 Å². The molecule has 0 heterocycles. The van der Waals surface area contributed by atoms with E-state index in [1.165, 1.54) is 0 Å². The fourth-order valence-electron chi connectivity index (χ4n) is 1.12. The molecule has 0 fully saturated rings. The molecule has 0 aliphatic heterocycles. The minimum absolute atomic E-state index is 0.0625. The summed E-state index contributed by atoms with van der Waals surface area (Å²) in [5.41, 5.74) is 3.38. The predicted octanol–water partition coefficient (Wildman–Crippen LogP) is 2.19. The number of carbonyl (C=O) groups excluding carboxylic acids is 1. The minimum Gasteiger partial charge on any atom is -0.494 e. The lowest BCUT2D eigenvalue weighted by Gasteiger charge is -2.03. The van der Waals surface area contributed by atoms with Crippen LogP contribution in [0.4, 0.5) is 0 Å². The summed E-state index contributed by atoms with van der Waals surface area (Å²) in [6, 6.07) is 7.51. The molecule has 1 rings (SSSR count). The van der Waals surface area contributed by atoms with Gasteiger partial charge in [-0.05, 0) is 36.8 Å². The van der Waals surface area contributed by atoms with E-state index in [9.17, 15) is 4.79 Å². The third kappa shape index (κ3) is 4.68. The average Bonchev–Trinajstić information content (AvgIpc) is 2.31. The molecule has 0 spiro atoms. The van der Waals surface area contributed by atoms with Gasteiger partial charge in [0.1, 0.15) is 5.75 Å². The Morgan fingerprint density at radius 1 is 1.41 bits per heavy atom. The summed E-state index contributed by atoms with van der Waals surface area (Å²) in [7, 11) is 0. The van der Waals surface area contributed by atoms with E-state index in [2.05, 4.69) is 10.5 Å². The first-order chi connectivity index (χ1) is 8.13. The summed E-state index contributed by atoms with van der Waals surface area (Å²) in [4.78, 5) is 11.2. The Kier molecular flexibility index (Phi) is 5.20. The lowest BCUT2D eigenvalue weighted by Crippen LogP contribution is -2.22. The van der Waals surface area contributed by atoms with E-state index in [0.29, 0.717) is 6.61 Å². The highest BCUT2D eigenvalue weighted by Gasteiger charge is 2.03. The topological polar surface area (TPSA) is 50.7 Å². The molecule has 0 bridgehead atoms. The van der Waals surface area contributed by atoms with E-state index in [-0.39, 0.29) is 11.8 Å². The Balaban J connectivity index is 2.51. The quantitative estimate of drug-likeness (QED) is 0.627. The molecule has 0 saturated carbocycles. The fraction of sp³-hybridized carbons (Fsp3) is 0.385. The van der Waals surface area contributed by atoms with Crippen LogP contribution in [0.25, 0.3) is 0 Å². The van der Waals surface area contributed by atoms with E-state index in [1.807, 2.05) is 45.0 Å². The second-order valence-electron chi connectivity index (χ2n) is 3.89. The summed E-state index contributed by atoms with van der Waals surface area (Å²) in [5, 5.41) is 3.87. The molecular formula is C13H18N2O2. The number of hydrogen-bond acceptors (Lipinski definition) is 3. The molecule has 0 aromatic heterocycles. The number of hydrogen-bond donors (Lipinski definition) is 1. The molecule has 1 aromatic carbocycles. The van der Waals surface area contributed by atoms with Crippen molar-refractivity contribution in [2.75, 3.05) is 6.61 Å². The zero-order valence-corrected chi connectivity index (χ0v) is 10.4.